The number of benzene rings is 3. The number of nitrogens with two attached hydrogens (primary N) is 1. The Morgan fingerprint density at radius 2 is 1.72 bits per heavy atom. The Balaban J connectivity index is 1.37. The van der Waals surface area contributed by atoms with E-state index in [1.54, 1.807) is 0 Å². The van der Waals surface area contributed by atoms with Crippen molar-refractivity contribution in [3.8, 4) is 0 Å². The lowest BCUT2D eigenvalue weighted by Gasteiger charge is -2.28. The van der Waals surface area contributed by atoms with E-state index in [9.17, 15) is 0 Å². The van der Waals surface area contributed by atoms with Crippen LogP contribution in [0.5, 0.6) is 0 Å². The number of aliphatic imine (C=N–C) groups is 1. The summed E-state index contributed by atoms with van der Waals surface area (Å²) in [5, 5.41) is 11.3. The molecule has 0 radical (unpaired) electrons. The lowest BCUT2D eigenvalue weighted by molar-refractivity contribution is 0.607. The smallest absolute Gasteiger partial charge is 0.123 e. The van der Waals surface area contributed by atoms with Gasteiger partial charge in [0.1, 0.15) is 5.82 Å². The molecule has 0 aliphatic heterocycles. The van der Waals surface area contributed by atoms with E-state index in [0.717, 1.165) is 60.7 Å². The molecule has 1 atom stereocenters. The second-order valence-electron chi connectivity index (χ2n) is 9.73. The van der Waals surface area contributed by atoms with Gasteiger partial charge in [-0.15, -0.1) is 0 Å². The van der Waals surface area contributed by atoms with E-state index in [0.29, 0.717) is 22.3 Å². The summed E-state index contributed by atoms with van der Waals surface area (Å²) < 4.78 is 0. The summed E-state index contributed by atoms with van der Waals surface area (Å²) in [5.41, 5.74) is 13.8. The summed E-state index contributed by atoms with van der Waals surface area (Å²) in [4.78, 5) is 4.61. The van der Waals surface area contributed by atoms with E-state index in [-0.39, 0.29) is 5.92 Å². The minimum absolute atomic E-state index is 0.0978. The third-order valence-electron chi connectivity index (χ3n) is 6.86. The number of nitrogens with zero attached hydrogens (tertiary/aromatic N) is 1. The second kappa shape index (κ2) is 14.3. The normalized spacial score (nSPS) is 15.0. The zero-order valence-corrected chi connectivity index (χ0v) is 24.0. The van der Waals surface area contributed by atoms with E-state index >= 15 is 0 Å². The Bertz CT molecular complexity index is 1330. The standard InChI is InChI=1S/C32H37Cl2N5/c1-3-15-36-17-18-37-16-14-23-8-11-26(12-9-23)39-22(2)38-21-25-19-29(24-10-13-30(33)31(34)20-24)27-6-4-5-7-28(27)32(25)35/h4-13,20-21,29,36-37,39H,2-3,14-19,35H2,1H3/b38-21-. The number of allylic oxidation sites excluding steroid dienone is 1. The van der Waals surface area contributed by atoms with Crippen LogP contribution < -0.4 is 21.7 Å². The van der Waals surface area contributed by atoms with E-state index < -0.39 is 0 Å². The Morgan fingerprint density at radius 1 is 0.974 bits per heavy atom. The Labute approximate surface area is 242 Å². The molecule has 0 bridgehead atoms. The number of halogens is 2. The lowest BCUT2D eigenvalue weighted by Crippen LogP contribution is -2.29. The highest BCUT2D eigenvalue weighted by atomic mass is 35.5. The van der Waals surface area contributed by atoms with Gasteiger partial charge in [0.25, 0.3) is 0 Å². The lowest BCUT2D eigenvalue weighted by atomic mass is 9.78. The van der Waals surface area contributed by atoms with Crippen molar-refractivity contribution in [3.05, 3.63) is 117 Å². The quantitative estimate of drug-likeness (QED) is 0.134. The van der Waals surface area contributed by atoms with Gasteiger partial charge in [0.15, 0.2) is 0 Å². The molecule has 0 aromatic heterocycles. The van der Waals surface area contributed by atoms with Crippen LogP contribution in [0.25, 0.3) is 5.70 Å². The van der Waals surface area contributed by atoms with Crippen LogP contribution in [0.1, 0.15) is 47.9 Å². The number of nitrogens with one attached hydrogen (secondary N) is 3. The fourth-order valence-corrected chi connectivity index (χ4v) is 5.06. The molecule has 7 heteroatoms. The molecule has 0 spiro atoms. The van der Waals surface area contributed by atoms with Crippen LogP contribution in [-0.2, 0) is 6.42 Å². The maximum atomic E-state index is 6.60. The van der Waals surface area contributed by atoms with Gasteiger partial charge in [0.05, 0.1) is 10.0 Å². The van der Waals surface area contributed by atoms with Crippen LogP contribution in [-0.4, -0.2) is 32.4 Å². The third kappa shape index (κ3) is 7.96. The van der Waals surface area contributed by atoms with Crippen molar-refractivity contribution in [1.82, 2.24) is 10.6 Å². The molecule has 0 amide bonds. The predicted molar refractivity (Wildman–Crippen MR) is 168 cm³/mol. The van der Waals surface area contributed by atoms with Crippen LogP contribution in [0, 0.1) is 0 Å². The Kier molecular flexibility index (Phi) is 10.6. The third-order valence-corrected chi connectivity index (χ3v) is 7.60. The van der Waals surface area contributed by atoms with Crippen molar-refractivity contribution < 1.29 is 0 Å². The number of rotatable bonds is 13. The van der Waals surface area contributed by atoms with Crippen LogP contribution in [0.15, 0.2) is 89.7 Å². The highest BCUT2D eigenvalue weighted by Crippen LogP contribution is 2.41. The zero-order valence-electron chi connectivity index (χ0n) is 22.4. The second-order valence-corrected chi connectivity index (χ2v) is 10.5. The predicted octanol–water partition coefficient (Wildman–Crippen LogP) is 6.98. The molecule has 39 heavy (non-hydrogen) atoms. The van der Waals surface area contributed by atoms with Crippen molar-refractivity contribution in [2.24, 2.45) is 10.7 Å². The average molecular weight is 563 g/mol. The highest BCUT2D eigenvalue weighted by molar-refractivity contribution is 6.42. The molecule has 0 saturated heterocycles. The summed E-state index contributed by atoms with van der Waals surface area (Å²) in [7, 11) is 0. The van der Waals surface area contributed by atoms with E-state index in [4.69, 9.17) is 28.9 Å². The van der Waals surface area contributed by atoms with Gasteiger partial charge in [-0.2, -0.15) is 0 Å². The number of anilines is 1. The summed E-state index contributed by atoms with van der Waals surface area (Å²) in [6.07, 6.45) is 4.68. The van der Waals surface area contributed by atoms with Gasteiger partial charge in [-0.3, -0.25) is 0 Å². The summed E-state index contributed by atoms with van der Waals surface area (Å²) in [6.45, 7) is 10.3. The summed E-state index contributed by atoms with van der Waals surface area (Å²) >= 11 is 12.5. The average Bonchev–Trinajstić information content (AvgIpc) is 2.95. The van der Waals surface area contributed by atoms with Crippen LogP contribution >= 0.6 is 23.2 Å². The molecule has 5 nitrogen and oxygen atoms in total. The summed E-state index contributed by atoms with van der Waals surface area (Å²) in [6, 6.07) is 22.4. The van der Waals surface area contributed by atoms with E-state index in [1.165, 1.54) is 17.5 Å². The minimum atomic E-state index is 0.0978. The molecular formula is C32H37Cl2N5. The van der Waals surface area contributed by atoms with Crippen LogP contribution in [0.4, 0.5) is 5.69 Å². The Morgan fingerprint density at radius 3 is 2.46 bits per heavy atom. The topological polar surface area (TPSA) is 74.5 Å². The van der Waals surface area contributed by atoms with Gasteiger partial charge in [-0.25, -0.2) is 4.99 Å². The molecule has 4 rings (SSSR count). The number of hydrogen-bond donors (Lipinski definition) is 4. The molecule has 1 aliphatic carbocycles. The molecule has 1 aliphatic rings. The largest absolute Gasteiger partial charge is 0.398 e. The summed E-state index contributed by atoms with van der Waals surface area (Å²) in [5.74, 6) is 0.648. The van der Waals surface area contributed by atoms with Crippen LogP contribution in [0.3, 0.4) is 0 Å². The van der Waals surface area contributed by atoms with Crippen molar-refractivity contribution in [2.75, 3.05) is 31.5 Å². The van der Waals surface area contributed by atoms with Gasteiger partial charge in [0, 0.05) is 42.2 Å². The van der Waals surface area contributed by atoms with Gasteiger partial charge in [-0.1, -0.05) is 79.2 Å². The molecular weight excluding hydrogens is 525 g/mol. The zero-order chi connectivity index (χ0) is 27.6. The molecule has 0 heterocycles. The SMILES string of the molecule is C=C(/N=C\C1=C(N)c2ccccc2C(c2ccc(Cl)c(Cl)c2)C1)Nc1ccc(CCNCCNCCC)cc1. The molecule has 0 saturated carbocycles. The molecule has 204 valence electrons. The fourth-order valence-electron chi connectivity index (χ4n) is 4.75. The van der Waals surface area contributed by atoms with Crippen molar-refractivity contribution in [1.29, 1.82) is 0 Å². The first-order chi connectivity index (χ1) is 19.0. The molecule has 5 N–H and O–H groups in total. The molecule has 3 aromatic rings. The van der Waals surface area contributed by atoms with Gasteiger partial charge >= 0.3 is 0 Å². The maximum absolute atomic E-state index is 6.60. The monoisotopic (exact) mass is 561 g/mol. The van der Waals surface area contributed by atoms with Crippen molar-refractivity contribution in [2.45, 2.75) is 32.1 Å². The van der Waals surface area contributed by atoms with E-state index in [2.05, 4.69) is 70.8 Å². The fraction of sp³-hybridized carbons (Fsp3) is 0.281. The van der Waals surface area contributed by atoms with Gasteiger partial charge in [0.2, 0.25) is 0 Å². The Hall–Kier alpha value is -3.09. The van der Waals surface area contributed by atoms with Crippen molar-refractivity contribution in [3.63, 3.8) is 0 Å². The minimum Gasteiger partial charge on any atom is -0.398 e. The molecule has 1 unspecified atom stereocenters. The number of hydrogen-bond acceptors (Lipinski definition) is 5. The van der Waals surface area contributed by atoms with Gasteiger partial charge < -0.3 is 21.7 Å². The van der Waals surface area contributed by atoms with Crippen LogP contribution in [0.2, 0.25) is 10.0 Å². The maximum Gasteiger partial charge on any atom is 0.123 e. The first kappa shape index (κ1) is 28.9. The van der Waals surface area contributed by atoms with Crippen molar-refractivity contribution >= 4 is 40.8 Å². The van der Waals surface area contributed by atoms with E-state index in [1.807, 2.05) is 36.5 Å². The first-order valence-electron chi connectivity index (χ1n) is 13.5. The molecule has 3 aromatic carbocycles. The first-order valence-corrected chi connectivity index (χ1v) is 14.2. The highest BCUT2D eigenvalue weighted by Gasteiger charge is 2.26. The molecule has 0 fully saturated rings. The number of fused-ring (bicyclic) bond motifs is 1. The van der Waals surface area contributed by atoms with Gasteiger partial charge in [-0.05, 0) is 78.9 Å².